The van der Waals surface area contributed by atoms with Gasteiger partial charge in [0.2, 0.25) is 0 Å². The van der Waals surface area contributed by atoms with Crippen molar-refractivity contribution in [2.24, 2.45) is 0 Å². The molecule has 3 nitrogen and oxygen atoms in total. The van der Waals surface area contributed by atoms with Crippen molar-refractivity contribution in [2.45, 2.75) is 13.8 Å². The number of rotatable bonds is 1. The molecule has 0 aliphatic carbocycles. The van der Waals surface area contributed by atoms with Gasteiger partial charge in [-0.1, -0.05) is 11.6 Å². The van der Waals surface area contributed by atoms with Crippen LogP contribution in [-0.2, 0) is 0 Å². The molecule has 0 saturated carbocycles. The Morgan fingerprint density at radius 3 is 2.41 bits per heavy atom. The van der Waals surface area contributed by atoms with Gasteiger partial charge in [0.15, 0.2) is 5.43 Å². The maximum Gasteiger partial charge on any atom is 0.195 e. The molecule has 0 bridgehead atoms. The Balaban J connectivity index is 2.04. The summed E-state index contributed by atoms with van der Waals surface area (Å²) in [5.74, 6) is 0. The lowest BCUT2D eigenvalue weighted by atomic mass is 10.1. The molecular weight excluding hydrogens is 292 g/mol. The smallest absolute Gasteiger partial charge is 0.195 e. The van der Waals surface area contributed by atoms with Crippen LogP contribution in [0, 0.1) is 13.8 Å². The summed E-state index contributed by atoms with van der Waals surface area (Å²) in [5.41, 5.74) is 3.21. The van der Waals surface area contributed by atoms with Gasteiger partial charge in [0.05, 0.1) is 11.9 Å². The first kappa shape index (κ1) is 13.2. The first-order valence-electron chi connectivity index (χ1n) is 7.11. The molecule has 0 aliphatic heterocycles. The maximum atomic E-state index is 12.8. The minimum atomic E-state index is 0.0955. The van der Waals surface area contributed by atoms with Gasteiger partial charge >= 0.3 is 0 Å². The van der Waals surface area contributed by atoms with Gasteiger partial charge < -0.3 is 0 Å². The summed E-state index contributed by atoms with van der Waals surface area (Å²) in [7, 11) is 0. The van der Waals surface area contributed by atoms with Crippen molar-refractivity contribution in [1.29, 1.82) is 0 Å². The summed E-state index contributed by atoms with van der Waals surface area (Å²) in [6.45, 7) is 4.01. The standard InChI is InChI=1S/C18H14N2OS/c1-11-3-5-16-14(7-11)18(21)15-8-13(4-6-17(15)22-16)20-10-12(2)9-19-20/h3-10H,1-2H3. The van der Waals surface area contributed by atoms with Gasteiger partial charge in [-0.15, -0.1) is 11.3 Å². The molecule has 0 unspecified atom stereocenters. The fraction of sp³-hybridized carbons (Fsp3) is 0.111. The van der Waals surface area contributed by atoms with E-state index in [9.17, 15) is 4.79 Å². The molecule has 0 radical (unpaired) electrons. The van der Waals surface area contributed by atoms with Crippen LogP contribution in [0.4, 0.5) is 0 Å². The molecule has 0 atom stereocenters. The van der Waals surface area contributed by atoms with Crippen LogP contribution in [0.3, 0.4) is 0 Å². The molecule has 0 amide bonds. The van der Waals surface area contributed by atoms with Crippen LogP contribution in [0.25, 0.3) is 25.9 Å². The summed E-state index contributed by atoms with van der Waals surface area (Å²) >= 11 is 1.65. The number of nitrogens with zero attached hydrogens (tertiary/aromatic N) is 2. The van der Waals surface area contributed by atoms with E-state index in [-0.39, 0.29) is 5.43 Å². The number of fused-ring (bicyclic) bond motifs is 2. The molecule has 4 heteroatoms. The van der Waals surface area contributed by atoms with Gasteiger partial charge in [0.1, 0.15) is 0 Å². The highest BCUT2D eigenvalue weighted by molar-refractivity contribution is 7.24. The topological polar surface area (TPSA) is 34.9 Å². The molecule has 108 valence electrons. The predicted molar refractivity (Wildman–Crippen MR) is 92.2 cm³/mol. The third kappa shape index (κ3) is 2.04. The average molecular weight is 306 g/mol. The normalized spacial score (nSPS) is 11.4. The van der Waals surface area contributed by atoms with Crippen molar-refractivity contribution in [3.8, 4) is 5.69 Å². The summed E-state index contributed by atoms with van der Waals surface area (Å²) < 4.78 is 3.85. The number of hydrogen-bond acceptors (Lipinski definition) is 3. The molecule has 2 aromatic heterocycles. The Bertz CT molecular complexity index is 1080. The third-order valence-electron chi connectivity index (χ3n) is 3.78. The Morgan fingerprint density at radius 1 is 0.955 bits per heavy atom. The van der Waals surface area contributed by atoms with E-state index in [0.717, 1.165) is 37.0 Å². The SMILES string of the molecule is Cc1ccc2sc3ccc(-n4cc(C)cn4)cc3c(=O)c2c1. The Morgan fingerprint density at radius 2 is 1.68 bits per heavy atom. The minimum Gasteiger partial charge on any atom is -0.289 e. The molecule has 2 heterocycles. The minimum absolute atomic E-state index is 0.0955. The first-order chi connectivity index (χ1) is 10.6. The van der Waals surface area contributed by atoms with Crippen LogP contribution < -0.4 is 5.43 Å². The van der Waals surface area contributed by atoms with Gasteiger partial charge in [-0.25, -0.2) is 4.68 Å². The third-order valence-corrected chi connectivity index (χ3v) is 4.94. The van der Waals surface area contributed by atoms with Crippen molar-refractivity contribution in [2.75, 3.05) is 0 Å². The van der Waals surface area contributed by atoms with Crippen LogP contribution in [0.5, 0.6) is 0 Å². The van der Waals surface area contributed by atoms with E-state index in [0.29, 0.717) is 0 Å². The van der Waals surface area contributed by atoms with Crippen molar-refractivity contribution in [3.63, 3.8) is 0 Å². The molecular formula is C18H14N2OS. The summed E-state index contributed by atoms with van der Waals surface area (Å²) in [4.78, 5) is 12.8. The average Bonchev–Trinajstić information content (AvgIpc) is 2.95. The Hall–Kier alpha value is -2.46. The second kappa shape index (κ2) is 4.78. The lowest BCUT2D eigenvalue weighted by Crippen LogP contribution is -2.03. The Kier molecular flexibility index (Phi) is 2.87. The second-order valence-electron chi connectivity index (χ2n) is 5.57. The van der Waals surface area contributed by atoms with Crippen LogP contribution in [0.15, 0.2) is 53.6 Å². The fourth-order valence-electron chi connectivity index (χ4n) is 2.65. The molecule has 0 fully saturated rings. The van der Waals surface area contributed by atoms with Crippen molar-refractivity contribution in [1.82, 2.24) is 9.78 Å². The quantitative estimate of drug-likeness (QED) is 0.494. The van der Waals surface area contributed by atoms with E-state index in [2.05, 4.69) is 5.10 Å². The van der Waals surface area contributed by atoms with Gasteiger partial charge in [0.25, 0.3) is 0 Å². The molecule has 2 aromatic carbocycles. The fourth-order valence-corrected chi connectivity index (χ4v) is 3.69. The van der Waals surface area contributed by atoms with Crippen molar-refractivity contribution in [3.05, 3.63) is 70.1 Å². The van der Waals surface area contributed by atoms with Gasteiger partial charge in [-0.2, -0.15) is 5.10 Å². The van der Waals surface area contributed by atoms with Gasteiger partial charge in [-0.05, 0) is 49.7 Å². The zero-order valence-corrected chi connectivity index (χ0v) is 13.1. The van der Waals surface area contributed by atoms with E-state index in [1.165, 1.54) is 0 Å². The van der Waals surface area contributed by atoms with Crippen LogP contribution >= 0.6 is 11.3 Å². The predicted octanol–water partition coefficient (Wildman–Crippen LogP) is 4.22. The number of benzene rings is 2. The number of hydrogen-bond donors (Lipinski definition) is 0. The van der Waals surface area contributed by atoms with E-state index in [4.69, 9.17) is 0 Å². The maximum absolute atomic E-state index is 12.8. The number of aromatic nitrogens is 2. The Labute approximate surface area is 131 Å². The molecule has 4 rings (SSSR count). The van der Waals surface area contributed by atoms with Crippen molar-refractivity contribution < 1.29 is 0 Å². The van der Waals surface area contributed by atoms with Gasteiger partial charge in [-0.3, -0.25) is 4.79 Å². The highest BCUT2D eigenvalue weighted by atomic mass is 32.1. The largest absolute Gasteiger partial charge is 0.289 e. The van der Waals surface area contributed by atoms with E-state index >= 15 is 0 Å². The lowest BCUT2D eigenvalue weighted by molar-refractivity contribution is 0.882. The first-order valence-corrected chi connectivity index (χ1v) is 7.92. The number of aryl methyl sites for hydroxylation is 2. The van der Waals surface area contributed by atoms with E-state index in [1.54, 1.807) is 16.0 Å². The van der Waals surface area contributed by atoms with Crippen LogP contribution in [0.2, 0.25) is 0 Å². The van der Waals surface area contributed by atoms with E-state index in [1.807, 2.05) is 62.6 Å². The lowest BCUT2D eigenvalue weighted by Gasteiger charge is -2.05. The summed E-state index contributed by atoms with van der Waals surface area (Å²) in [5, 5.41) is 5.87. The highest BCUT2D eigenvalue weighted by Gasteiger charge is 2.08. The van der Waals surface area contributed by atoms with Crippen molar-refractivity contribution >= 4 is 31.5 Å². The zero-order valence-electron chi connectivity index (χ0n) is 12.3. The molecule has 0 spiro atoms. The molecule has 22 heavy (non-hydrogen) atoms. The molecule has 4 aromatic rings. The van der Waals surface area contributed by atoms with Gasteiger partial charge in [0, 0.05) is 26.4 Å². The molecule has 0 N–H and O–H groups in total. The summed E-state index contributed by atoms with van der Waals surface area (Å²) in [6, 6.07) is 12.0. The van der Waals surface area contributed by atoms with Crippen LogP contribution in [0.1, 0.15) is 11.1 Å². The monoisotopic (exact) mass is 306 g/mol. The molecule has 0 saturated heterocycles. The van der Waals surface area contributed by atoms with Crippen LogP contribution in [-0.4, -0.2) is 9.78 Å². The highest BCUT2D eigenvalue weighted by Crippen LogP contribution is 2.26. The molecule has 0 aliphatic rings. The van der Waals surface area contributed by atoms with E-state index < -0.39 is 0 Å². The second-order valence-corrected chi connectivity index (χ2v) is 6.66. The summed E-state index contributed by atoms with van der Waals surface area (Å²) in [6.07, 6.45) is 3.77. The zero-order chi connectivity index (χ0) is 15.3.